The monoisotopic (exact) mass is 458 g/mol. The summed E-state index contributed by atoms with van der Waals surface area (Å²) in [5.74, 6) is 0.150. The number of hydrogen-bond acceptors (Lipinski definition) is 3. The highest BCUT2D eigenvalue weighted by atomic mass is 16.2. The molecule has 0 aliphatic rings. The van der Waals surface area contributed by atoms with Crippen molar-refractivity contribution in [3.05, 3.63) is 91.9 Å². The van der Waals surface area contributed by atoms with Crippen LogP contribution < -0.4 is 11.2 Å². The summed E-state index contributed by atoms with van der Waals surface area (Å²) < 4.78 is 4.81. The van der Waals surface area contributed by atoms with Crippen molar-refractivity contribution in [2.45, 2.75) is 67.0 Å². The van der Waals surface area contributed by atoms with Crippen LogP contribution in [0.3, 0.4) is 0 Å². The Bertz CT molecular complexity index is 1460. The first-order valence-electron chi connectivity index (χ1n) is 11.8. The molecule has 4 rings (SSSR count). The first-order valence-corrected chi connectivity index (χ1v) is 11.8. The van der Waals surface area contributed by atoms with Gasteiger partial charge in [-0.05, 0) is 47.9 Å². The molecule has 0 aliphatic carbocycles. The van der Waals surface area contributed by atoms with Crippen LogP contribution in [0, 0.1) is 19.8 Å². The van der Waals surface area contributed by atoms with Gasteiger partial charge in [-0.25, -0.2) is 14.3 Å². The Balaban J connectivity index is 1.92. The highest BCUT2D eigenvalue weighted by Gasteiger charge is 2.21. The third kappa shape index (κ3) is 4.37. The Morgan fingerprint density at radius 2 is 1.65 bits per heavy atom. The molecule has 0 N–H and O–H groups in total. The molecule has 0 unspecified atom stereocenters. The molecule has 6 nitrogen and oxygen atoms in total. The van der Waals surface area contributed by atoms with Gasteiger partial charge in [0.05, 0.1) is 12.0 Å². The zero-order valence-electron chi connectivity index (χ0n) is 21.2. The lowest BCUT2D eigenvalue weighted by molar-refractivity contribution is 0.488. The van der Waals surface area contributed by atoms with E-state index in [-0.39, 0.29) is 22.6 Å². The molecule has 0 atom stereocenters. The zero-order valence-corrected chi connectivity index (χ0v) is 21.2. The SMILES string of the molecule is Cc1ccc(-n2c(=O)n(CC(C)C)c(=O)c3c2ncn3Cc2ccc(C(C)(C)C)cc2)c(C)c1. The van der Waals surface area contributed by atoms with E-state index in [1.807, 2.05) is 50.5 Å². The van der Waals surface area contributed by atoms with E-state index in [1.54, 1.807) is 10.9 Å². The predicted molar refractivity (Wildman–Crippen MR) is 138 cm³/mol. The topological polar surface area (TPSA) is 61.8 Å². The summed E-state index contributed by atoms with van der Waals surface area (Å²) in [4.78, 5) is 31.7. The zero-order chi connectivity index (χ0) is 24.8. The van der Waals surface area contributed by atoms with Crippen LogP contribution >= 0.6 is 0 Å². The molecule has 6 heteroatoms. The highest BCUT2D eigenvalue weighted by Crippen LogP contribution is 2.23. The van der Waals surface area contributed by atoms with E-state index in [4.69, 9.17) is 0 Å². The van der Waals surface area contributed by atoms with Gasteiger partial charge in [-0.2, -0.15) is 0 Å². The molecule has 0 fully saturated rings. The van der Waals surface area contributed by atoms with Crippen LogP contribution in [0.25, 0.3) is 16.9 Å². The van der Waals surface area contributed by atoms with Crippen molar-refractivity contribution in [2.75, 3.05) is 0 Å². The molecule has 4 aromatic rings. The average molecular weight is 459 g/mol. The number of nitrogens with zero attached hydrogens (tertiary/aromatic N) is 4. The van der Waals surface area contributed by atoms with Crippen molar-refractivity contribution < 1.29 is 0 Å². The third-order valence-electron chi connectivity index (χ3n) is 6.21. The molecule has 0 amide bonds. The molecule has 34 heavy (non-hydrogen) atoms. The molecule has 0 spiro atoms. The van der Waals surface area contributed by atoms with Crippen LogP contribution in [0.5, 0.6) is 0 Å². The maximum atomic E-state index is 13.6. The number of benzene rings is 2. The van der Waals surface area contributed by atoms with Crippen LogP contribution in [0.4, 0.5) is 0 Å². The van der Waals surface area contributed by atoms with Gasteiger partial charge in [0.15, 0.2) is 11.2 Å². The summed E-state index contributed by atoms with van der Waals surface area (Å²) >= 11 is 0. The number of hydrogen-bond donors (Lipinski definition) is 0. The maximum Gasteiger partial charge on any atom is 0.337 e. The molecule has 2 heterocycles. The van der Waals surface area contributed by atoms with E-state index in [1.165, 1.54) is 10.1 Å². The Morgan fingerprint density at radius 3 is 2.24 bits per heavy atom. The minimum absolute atomic E-state index is 0.0762. The number of fused-ring (bicyclic) bond motifs is 1. The Morgan fingerprint density at radius 1 is 0.971 bits per heavy atom. The summed E-state index contributed by atoms with van der Waals surface area (Å²) in [6.45, 7) is 15.4. The molecule has 2 aromatic carbocycles. The summed E-state index contributed by atoms with van der Waals surface area (Å²) in [5, 5.41) is 0. The van der Waals surface area contributed by atoms with Gasteiger partial charge in [0, 0.05) is 13.1 Å². The molecule has 0 radical (unpaired) electrons. The second-order valence-electron chi connectivity index (χ2n) is 10.7. The molecule has 0 aliphatic heterocycles. The minimum Gasteiger partial charge on any atom is -0.320 e. The lowest BCUT2D eigenvalue weighted by Gasteiger charge is -2.19. The van der Waals surface area contributed by atoms with Crippen LogP contribution in [0.1, 0.15) is 56.9 Å². The van der Waals surface area contributed by atoms with Crippen LogP contribution in [-0.2, 0) is 18.5 Å². The van der Waals surface area contributed by atoms with Crippen molar-refractivity contribution in [3.8, 4) is 5.69 Å². The van der Waals surface area contributed by atoms with Crippen LogP contribution in [0.2, 0.25) is 0 Å². The second-order valence-corrected chi connectivity index (χ2v) is 10.7. The Kier molecular flexibility index (Phi) is 6.11. The minimum atomic E-state index is -0.349. The van der Waals surface area contributed by atoms with E-state index in [9.17, 15) is 9.59 Å². The lowest BCUT2D eigenvalue weighted by Crippen LogP contribution is -2.41. The first kappa shape index (κ1) is 23.7. The van der Waals surface area contributed by atoms with Crippen molar-refractivity contribution in [3.63, 3.8) is 0 Å². The average Bonchev–Trinajstić information content (AvgIpc) is 3.15. The Labute approximate surface area is 200 Å². The summed E-state index contributed by atoms with van der Waals surface area (Å²) in [5.41, 5.74) is 5.44. The smallest absolute Gasteiger partial charge is 0.320 e. The van der Waals surface area contributed by atoms with E-state index in [2.05, 4.69) is 50.0 Å². The van der Waals surface area contributed by atoms with Crippen LogP contribution in [0.15, 0.2) is 58.4 Å². The first-order chi connectivity index (χ1) is 16.0. The lowest BCUT2D eigenvalue weighted by atomic mass is 9.87. The predicted octanol–water partition coefficient (Wildman–Crippen LogP) is 4.97. The molecular weight excluding hydrogens is 424 g/mol. The molecular formula is C28H34N4O2. The van der Waals surface area contributed by atoms with E-state index in [0.29, 0.717) is 24.3 Å². The van der Waals surface area contributed by atoms with E-state index >= 15 is 0 Å². The van der Waals surface area contributed by atoms with Crippen LogP contribution in [-0.4, -0.2) is 18.7 Å². The standard InChI is InChI=1S/C28H34N4O2/c1-18(2)15-31-26(33)24-25(32(27(31)34)23-13-8-19(3)14-20(23)4)29-17-30(24)16-21-9-11-22(12-10-21)28(5,6)7/h8-14,17-18H,15-16H2,1-7H3. The summed E-state index contributed by atoms with van der Waals surface area (Å²) in [6, 6.07) is 14.4. The van der Waals surface area contributed by atoms with Gasteiger partial charge in [-0.1, -0.05) is 76.6 Å². The summed E-state index contributed by atoms with van der Waals surface area (Å²) in [7, 11) is 0. The normalized spacial score (nSPS) is 12.1. The van der Waals surface area contributed by atoms with Gasteiger partial charge in [-0.15, -0.1) is 0 Å². The van der Waals surface area contributed by atoms with Gasteiger partial charge < -0.3 is 4.57 Å². The van der Waals surface area contributed by atoms with Crippen molar-refractivity contribution in [2.24, 2.45) is 5.92 Å². The number of aryl methyl sites for hydroxylation is 2. The molecule has 2 aromatic heterocycles. The van der Waals surface area contributed by atoms with E-state index < -0.39 is 0 Å². The largest absolute Gasteiger partial charge is 0.337 e. The van der Waals surface area contributed by atoms with Gasteiger partial charge >= 0.3 is 5.69 Å². The fourth-order valence-corrected chi connectivity index (χ4v) is 4.41. The second kappa shape index (κ2) is 8.75. The van der Waals surface area contributed by atoms with Gasteiger partial charge in [0.25, 0.3) is 5.56 Å². The molecule has 0 bridgehead atoms. The van der Waals surface area contributed by atoms with Gasteiger partial charge in [0.1, 0.15) is 0 Å². The van der Waals surface area contributed by atoms with Crippen molar-refractivity contribution in [1.29, 1.82) is 0 Å². The number of rotatable bonds is 5. The molecule has 178 valence electrons. The summed E-state index contributed by atoms with van der Waals surface area (Å²) in [6.07, 6.45) is 1.67. The maximum absolute atomic E-state index is 13.6. The van der Waals surface area contributed by atoms with Gasteiger partial charge in [-0.3, -0.25) is 9.36 Å². The van der Waals surface area contributed by atoms with Gasteiger partial charge in [0.2, 0.25) is 0 Å². The fraction of sp³-hybridized carbons (Fsp3) is 0.393. The molecule has 0 saturated heterocycles. The quantitative estimate of drug-likeness (QED) is 0.424. The van der Waals surface area contributed by atoms with Crippen molar-refractivity contribution in [1.82, 2.24) is 18.7 Å². The third-order valence-corrected chi connectivity index (χ3v) is 6.21. The fourth-order valence-electron chi connectivity index (χ4n) is 4.41. The number of imidazole rings is 1. The Hall–Kier alpha value is -3.41. The van der Waals surface area contributed by atoms with Crippen molar-refractivity contribution >= 4 is 11.2 Å². The molecule has 0 saturated carbocycles. The van der Waals surface area contributed by atoms with E-state index in [0.717, 1.165) is 22.4 Å². The number of aromatic nitrogens is 4. The highest BCUT2D eigenvalue weighted by molar-refractivity contribution is 5.73.